The number of piperazine rings is 1. The van der Waals surface area contributed by atoms with Crippen molar-refractivity contribution >= 4 is 41.8 Å². The number of halogens is 1. The highest BCUT2D eigenvalue weighted by Crippen LogP contribution is 2.09. The molecule has 0 radical (unpaired) electrons. The van der Waals surface area contributed by atoms with Gasteiger partial charge in [0.2, 0.25) is 5.95 Å². The van der Waals surface area contributed by atoms with Crippen molar-refractivity contribution in [1.29, 1.82) is 0 Å². The number of hydrogen-bond donors (Lipinski definition) is 2. The first-order valence-electron chi connectivity index (χ1n) is 9.51. The van der Waals surface area contributed by atoms with Gasteiger partial charge in [0.15, 0.2) is 5.96 Å². The molecule has 156 valence electrons. The average molecular weight is 510 g/mol. The second-order valence-electron chi connectivity index (χ2n) is 6.26. The van der Waals surface area contributed by atoms with Crippen molar-refractivity contribution in [2.75, 3.05) is 50.7 Å². The number of aromatic nitrogens is 3. The zero-order valence-electron chi connectivity index (χ0n) is 16.5. The van der Waals surface area contributed by atoms with Crippen LogP contribution in [0.15, 0.2) is 48.0 Å². The van der Waals surface area contributed by atoms with Gasteiger partial charge in [0.25, 0.3) is 5.91 Å². The minimum absolute atomic E-state index is 0. The van der Waals surface area contributed by atoms with Gasteiger partial charge in [-0.2, -0.15) is 0 Å². The summed E-state index contributed by atoms with van der Waals surface area (Å²) in [6, 6.07) is 5.31. The minimum atomic E-state index is -0.134. The van der Waals surface area contributed by atoms with Crippen molar-refractivity contribution in [2.45, 2.75) is 6.92 Å². The lowest BCUT2D eigenvalue weighted by molar-refractivity contribution is 0.0954. The van der Waals surface area contributed by atoms with Crippen LogP contribution in [0.25, 0.3) is 0 Å². The van der Waals surface area contributed by atoms with Gasteiger partial charge in [0.05, 0.1) is 12.1 Å². The van der Waals surface area contributed by atoms with E-state index in [-0.39, 0.29) is 29.9 Å². The molecule has 3 rings (SSSR count). The third-order valence-corrected chi connectivity index (χ3v) is 4.33. The fraction of sp³-hybridized carbons (Fsp3) is 0.421. The van der Waals surface area contributed by atoms with E-state index in [1.165, 1.54) is 0 Å². The molecule has 0 saturated carbocycles. The molecule has 1 saturated heterocycles. The topological polar surface area (TPSA) is 98.6 Å². The van der Waals surface area contributed by atoms with E-state index in [4.69, 9.17) is 0 Å². The van der Waals surface area contributed by atoms with Gasteiger partial charge in [0.1, 0.15) is 0 Å². The fourth-order valence-electron chi connectivity index (χ4n) is 2.93. The molecule has 10 heteroatoms. The summed E-state index contributed by atoms with van der Waals surface area (Å²) in [5, 5.41) is 6.20. The van der Waals surface area contributed by atoms with E-state index in [0.717, 1.165) is 44.6 Å². The number of pyridine rings is 1. The van der Waals surface area contributed by atoms with Crippen LogP contribution in [0.3, 0.4) is 0 Å². The Balaban J connectivity index is 0.00000300. The SMILES string of the molecule is CCNC(=NCCNC(=O)c1cccnc1)N1CCN(c2ncccn2)CC1.I. The summed E-state index contributed by atoms with van der Waals surface area (Å²) in [4.78, 5) is 33.7. The number of aliphatic imine (C=N–C) groups is 1. The first kappa shape index (κ1) is 22.8. The zero-order valence-corrected chi connectivity index (χ0v) is 18.8. The van der Waals surface area contributed by atoms with Crippen molar-refractivity contribution in [3.63, 3.8) is 0 Å². The second kappa shape index (κ2) is 12.1. The van der Waals surface area contributed by atoms with E-state index in [1.54, 1.807) is 36.9 Å². The maximum absolute atomic E-state index is 12.0. The van der Waals surface area contributed by atoms with Crippen molar-refractivity contribution in [1.82, 2.24) is 30.5 Å². The van der Waals surface area contributed by atoms with Crippen LogP contribution in [-0.4, -0.2) is 77.5 Å². The molecular weight excluding hydrogens is 483 g/mol. The number of carbonyl (C=O) groups is 1. The standard InChI is InChI=1S/C19H26N8O.HI/c1-2-21-18(25-10-9-22-17(28)16-5-3-6-20-15-16)26-11-13-27(14-12-26)19-23-7-4-8-24-19;/h3-8,15H,2,9-14H2,1H3,(H,21,25)(H,22,28);1H. The van der Waals surface area contributed by atoms with E-state index in [0.29, 0.717) is 18.7 Å². The Morgan fingerprint density at radius 1 is 1.10 bits per heavy atom. The van der Waals surface area contributed by atoms with Gasteiger partial charge >= 0.3 is 0 Å². The van der Waals surface area contributed by atoms with Gasteiger partial charge in [-0.3, -0.25) is 14.8 Å². The predicted molar refractivity (Wildman–Crippen MR) is 124 cm³/mol. The molecule has 2 N–H and O–H groups in total. The molecule has 3 heterocycles. The lowest BCUT2D eigenvalue weighted by Crippen LogP contribution is -2.53. The Morgan fingerprint density at radius 2 is 1.86 bits per heavy atom. The van der Waals surface area contributed by atoms with Crippen LogP contribution in [0.2, 0.25) is 0 Å². The van der Waals surface area contributed by atoms with Gasteiger partial charge in [-0.1, -0.05) is 0 Å². The molecule has 0 spiro atoms. The van der Waals surface area contributed by atoms with Crippen molar-refractivity contribution in [3.05, 3.63) is 48.5 Å². The van der Waals surface area contributed by atoms with Crippen LogP contribution in [0.5, 0.6) is 0 Å². The number of nitrogens with zero attached hydrogens (tertiary/aromatic N) is 6. The third-order valence-electron chi connectivity index (χ3n) is 4.33. The van der Waals surface area contributed by atoms with Crippen molar-refractivity contribution in [2.24, 2.45) is 4.99 Å². The van der Waals surface area contributed by atoms with E-state index < -0.39 is 0 Å². The molecule has 9 nitrogen and oxygen atoms in total. The molecule has 0 unspecified atom stereocenters. The Morgan fingerprint density at radius 3 is 2.52 bits per heavy atom. The minimum Gasteiger partial charge on any atom is -0.357 e. The summed E-state index contributed by atoms with van der Waals surface area (Å²) in [5.74, 6) is 1.50. The Hall–Kier alpha value is -2.50. The van der Waals surface area contributed by atoms with Crippen LogP contribution in [0, 0.1) is 0 Å². The monoisotopic (exact) mass is 510 g/mol. The molecule has 1 aliphatic heterocycles. The summed E-state index contributed by atoms with van der Waals surface area (Å²) < 4.78 is 0. The number of carbonyl (C=O) groups excluding carboxylic acids is 1. The van der Waals surface area contributed by atoms with Crippen molar-refractivity contribution < 1.29 is 4.79 Å². The highest BCUT2D eigenvalue weighted by Gasteiger charge is 2.20. The number of rotatable bonds is 6. The molecule has 2 aromatic heterocycles. The number of nitrogens with one attached hydrogen (secondary N) is 2. The smallest absolute Gasteiger partial charge is 0.252 e. The second-order valence-corrected chi connectivity index (χ2v) is 6.26. The summed E-state index contributed by atoms with van der Waals surface area (Å²) in [7, 11) is 0. The molecule has 29 heavy (non-hydrogen) atoms. The van der Waals surface area contributed by atoms with Gasteiger partial charge in [-0.25, -0.2) is 9.97 Å². The van der Waals surface area contributed by atoms with E-state index in [9.17, 15) is 4.79 Å². The molecule has 0 atom stereocenters. The van der Waals surface area contributed by atoms with Crippen LogP contribution in [0.4, 0.5) is 5.95 Å². The predicted octanol–water partition coefficient (Wildman–Crippen LogP) is 1.01. The summed E-state index contributed by atoms with van der Waals surface area (Å²) in [6.45, 7) is 7.18. The lowest BCUT2D eigenvalue weighted by atomic mass is 10.3. The zero-order chi connectivity index (χ0) is 19.6. The normalized spacial score (nSPS) is 14.2. The summed E-state index contributed by atoms with van der Waals surface area (Å²) in [6.07, 6.45) is 6.73. The van der Waals surface area contributed by atoms with E-state index in [2.05, 4.69) is 40.4 Å². The van der Waals surface area contributed by atoms with Gasteiger partial charge in [0, 0.05) is 64.1 Å². The van der Waals surface area contributed by atoms with Crippen LogP contribution in [-0.2, 0) is 0 Å². The maximum atomic E-state index is 12.0. The number of anilines is 1. The van der Waals surface area contributed by atoms with Crippen LogP contribution < -0.4 is 15.5 Å². The number of hydrogen-bond acceptors (Lipinski definition) is 6. The van der Waals surface area contributed by atoms with Crippen LogP contribution >= 0.6 is 24.0 Å². The fourth-order valence-corrected chi connectivity index (χ4v) is 2.93. The third kappa shape index (κ3) is 6.80. The number of amides is 1. The molecular formula is C19H27IN8O. The number of guanidine groups is 1. The summed E-state index contributed by atoms with van der Waals surface area (Å²) >= 11 is 0. The molecule has 0 aromatic carbocycles. The van der Waals surface area contributed by atoms with E-state index >= 15 is 0 Å². The van der Waals surface area contributed by atoms with E-state index in [1.807, 2.05) is 13.0 Å². The van der Waals surface area contributed by atoms with Gasteiger partial charge in [-0.05, 0) is 25.1 Å². The largest absolute Gasteiger partial charge is 0.357 e. The highest BCUT2D eigenvalue weighted by molar-refractivity contribution is 14.0. The first-order chi connectivity index (χ1) is 13.8. The molecule has 0 bridgehead atoms. The van der Waals surface area contributed by atoms with Crippen LogP contribution in [0.1, 0.15) is 17.3 Å². The molecule has 1 aliphatic rings. The Kier molecular flexibility index (Phi) is 9.54. The van der Waals surface area contributed by atoms with Gasteiger partial charge in [-0.15, -0.1) is 24.0 Å². The lowest BCUT2D eigenvalue weighted by Gasteiger charge is -2.36. The molecule has 1 amide bonds. The maximum Gasteiger partial charge on any atom is 0.252 e. The highest BCUT2D eigenvalue weighted by atomic mass is 127. The molecule has 0 aliphatic carbocycles. The van der Waals surface area contributed by atoms with Gasteiger partial charge < -0.3 is 20.4 Å². The summed E-state index contributed by atoms with van der Waals surface area (Å²) in [5.41, 5.74) is 0.553. The molecule has 2 aromatic rings. The molecule has 1 fully saturated rings. The van der Waals surface area contributed by atoms with Crippen molar-refractivity contribution in [3.8, 4) is 0 Å². The first-order valence-corrected chi connectivity index (χ1v) is 9.51. The Labute approximate surface area is 188 Å². The quantitative estimate of drug-likeness (QED) is 0.259. The Bertz CT molecular complexity index is 766. The average Bonchev–Trinajstić information content (AvgIpc) is 2.77.